The van der Waals surface area contributed by atoms with Crippen molar-refractivity contribution in [3.8, 4) is 0 Å². The summed E-state index contributed by atoms with van der Waals surface area (Å²) in [5.41, 5.74) is -0.530. The number of carbonyl (C=O) groups is 2. The second-order valence-electron chi connectivity index (χ2n) is 9.13. The summed E-state index contributed by atoms with van der Waals surface area (Å²) in [7, 11) is 0. The van der Waals surface area contributed by atoms with Gasteiger partial charge in [0.25, 0.3) is 0 Å². The highest BCUT2D eigenvalue weighted by Gasteiger charge is 2.76. The molecular weight excluding hydrogens is 419 g/mol. The minimum Gasteiger partial charge on any atom is -0.325 e. The molecule has 0 spiro atoms. The molecule has 8 heteroatoms. The molecule has 1 amide bonds. The molecule has 2 bridgehead atoms. The Morgan fingerprint density at radius 1 is 0.969 bits per heavy atom. The third kappa shape index (κ3) is 2.96. The van der Waals surface area contributed by atoms with Gasteiger partial charge >= 0.3 is 6.18 Å². The van der Waals surface area contributed by atoms with E-state index in [0.29, 0.717) is 12.1 Å². The maximum absolute atomic E-state index is 13.6. The van der Waals surface area contributed by atoms with Gasteiger partial charge in [-0.1, -0.05) is 51.1 Å². The summed E-state index contributed by atoms with van der Waals surface area (Å²) in [5.74, 6) is -1.17. The van der Waals surface area contributed by atoms with Crippen LogP contribution in [0.3, 0.4) is 0 Å². The maximum atomic E-state index is 13.6. The Balaban J connectivity index is 1.71. The monoisotopic (exact) mass is 443 g/mol. The summed E-state index contributed by atoms with van der Waals surface area (Å²) in [6.45, 7) is 5.53. The molecular formula is C24H24F3N3O2. The number of benzene rings is 2. The first-order valence-electron chi connectivity index (χ1n) is 10.4. The first-order chi connectivity index (χ1) is 14.9. The molecule has 2 fully saturated rings. The first kappa shape index (κ1) is 22.0. The summed E-state index contributed by atoms with van der Waals surface area (Å²) in [5, 5.41) is 6.79. The molecule has 0 aliphatic heterocycles. The van der Waals surface area contributed by atoms with Crippen LogP contribution in [0.25, 0.3) is 0 Å². The van der Waals surface area contributed by atoms with Gasteiger partial charge in [-0.2, -0.15) is 18.3 Å². The van der Waals surface area contributed by atoms with Gasteiger partial charge in [0, 0.05) is 5.41 Å². The number of hydrogen-bond donors (Lipinski definition) is 2. The predicted octanol–water partition coefficient (Wildman–Crippen LogP) is 5.51. The van der Waals surface area contributed by atoms with Crippen molar-refractivity contribution >= 4 is 28.8 Å². The number of anilines is 2. The summed E-state index contributed by atoms with van der Waals surface area (Å²) in [6, 6.07) is 13.9. The molecule has 0 saturated heterocycles. The summed E-state index contributed by atoms with van der Waals surface area (Å²) in [4.78, 5) is 27.1. The number of nitrogens with one attached hydrogen (secondary N) is 2. The van der Waals surface area contributed by atoms with Gasteiger partial charge in [0.05, 0.1) is 16.9 Å². The number of halogens is 3. The van der Waals surface area contributed by atoms with Crippen LogP contribution in [-0.4, -0.2) is 17.4 Å². The standard InChI is InChI=1S/C24H24F3N3O2/c1-21(2)22(3)13-14-23(21,19(31)18(22)30-29-15-9-5-4-6-10-15)20(32)28-17-12-8-7-11-16(17)24(25,26)27/h4-12,29H,13-14H2,1-3H3,(H,28,32)/b30-18+. The Morgan fingerprint density at radius 2 is 1.59 bits per heavy atom. The van der Waals surface area contributed by atoms with Gasteiger partial charge in [-0.25, -0.2) is 0 Å². The van der Waals surface area contributed by atoms with Gasteiger partial charge in [0.1, 0.15) is 11.1 Å². The van der Waals surface area contributed by atoms with Crippen LogP contribution in [-0.2, 0) is 15.8 Å². The molecule has 2 aliphatic carbocycles. The lowest BCUT2D eigenvalue weighted by Crippen LogP contribution is -2.48. The van der Waals surface area contributed by atoms with E-state index in [0.717, 1.165) is 6.07 Å². The predicted molar refractivity (Wildman–Crippen MR) is 116 cm³/mol. The van der Waals surface area contributed by atoms with Crippen LogP contribution in [0.5, 0.6) is 0 Å². The highest BCUT2D eigenvalue weighted by Crippen LogP contribution is 2.69. The number of para-hydroxylation sites is 2. The molecule has 5 nitrogen and oxygen atoms in total. The molecule has 0 radical (unpaired) electrons. The molecule has 2 N–H and O–H groups in total. The lowest BCUT2D eigenvalue weighted by atomic mass is 9.64. The zero-order chi connectivity index (χ0) is 23.4. The zero-order valence-electron chi connectivity index (χ0n) is 18.0. The van der Waals surface area contributed by atoms with Crippen LogP contribution in [0.1, 0.15) is 39.2 Å². The van der Waals surface area contributed by atoms with Gasteiger partial charge < -0.3 is 5.32 Å². The summed E-state index contributed by atoms with van der Waals surface area (Å²) >= 11 is 0. The van der Waals surface area contributed by atoms with Crippen molar-refractivity contribution in [2.24, 2.45) is 21.3 Å². The van der Waals surface area contributed by atoms with Crippen LogP contribution in [0.2, 0.25) is 0 Å². The smallest absolute Gasteiger partial charge is 0.325 e. The molecule has 2 atom stereocenters. The van der Waals surface area contributed by atoms with Crippen molar-refractivity contribution in [1.29, 1.82) is 0 Å². The lowest BCUT2D eigenvalue weighted by molar-refractivity contribution is -0.140. The van der Waals surface area contributed by atoms with Crippen LogP contribution < -0.4 is 10.7 Å². The van der Waals surface area contributed by atoms with Crippen LogP contribution in [0.15, 0.2) is 59.7 Å². The summed E-state index contributed by atoms with van der Waals surface area (Å²) < 4.78 is 40.3. The fraction of sp³-hybridized carbons (Fsp3) is 0.375. The first-order valence-corrected chi connectivity index (χ1v) is 10.4. The fourth-order valence-corrected chi connectivity index (χ4v) is 5.17. The van der Waals surface area contributed by atoms with E-state index in [-0.39, 0.29) is 17.8 Å². The molecule has 0 aromatic heterocycles. The fourth-order valence-electron chi connectivity index (χ4n) is 5.17. The third-order valence-corrected chi connectivity index (χ3v) is 7.51. The number of carbonyl (C=O) groups excluding carboxylic acids is 2. The number of Topliss-reactive ketones (excluding diaryl/α,β-unsaturated/α-hetero) is 1. The minimum atomic E-state index is -4.63. The second-order valence-corrected chi connectivity index (χ2v) is 9.13. The Kier molecular flexibility index (Phi) is 4.95. The Labute approximate surface area is 184 Å². The van der Waals surface area contributed by atoms with Crippen LogP contribution >= 0.6 is 0 Å². The Bertz CT molecular complexity index is 1110. The van der Waals surface area contributed by atoms with E-state index in [1.165, 1.54) is 18.2 Å². The van der Waals surface area contributed by atoms with E-state index in [1.54, 1.807) is 12.1 Å². The topological polar surface area (TPSA) is 70.6 Å². The number of amides is 1. The van der Waals surface area contributed by atoms with E-state index < -0.39 is 39.7 Å². The van der Waals surface area contributed by atoms with Crippen molar-refractivity contribution in [2.45, 2.75) is 39.8 Å². The largest absolute Gasteiger partial charge is 0.418 e. The lowest BCUT2D eigenvalue weighted by Gasteiger charge is -2.37. The number of nitrogens with zero attached hydrogens (tertiary/aromatic N) is 1. The van der Waals surface area contributed by atoms with E-state index in [2.05, 4.69) is 15.8 Å². The van der Waals surface area contributed by atoms with Gasteiger partial charge in [-0.15, -0.1) is 0 Å². The van der Waals surface area contributed by atoms with Crippen molar-refractivity contribution in [1.82, 2.24) is 0 Å². The van der Waals surface area contributed by atoms with Crippen molar-refractivity contribution < 1.29 is 22.8 Å². The normalized spacial score (nSPS) is 27.6. The molecule has 0 heterocycles. The number of hydrazone groups is 1. The van der Waals surface area contributed by atoms with Crippen LogP contribution in [0.4, 0.5) is 24.5 Å². The van der Waals surface area contributed by atoms with Gasteiger partial charge in [0.15, 0.2) is 5.78 Å². The van der Waals surface area contributed by atoms with Crippen molar-refractivity contribution in [2.75, 3.05) is 10.7 Å². The van der Waals surface area contributed by atoms with Gasteiger partial charge in [-0.3, -0.25) is 15.0 Å². The van der Waals surface area contributed by atoms with Crippen LogP contribution in [0, 0.1) is 16.2 Å². The van der Waals surface area contributed by atoms with Gasteiger partial charge in [-0.05, 0) is 42.5 Å². The molecule has 2 aromatic rings. The summed E-state index contributed by atoms with van der Waals surface area (Å²) in [6.07, 6.45) is -3.86. The number of hydrogen-bond acceptors (Lipinski definition) is 4. The van der Waals surface area contributed by atoms with E-state index in [9.17, 15) is 22.8 Å². The Morgan fingerprint density at radius 3 is 2.25 bits per heavy atom. The van der Waals surface area contributed by atoms with Gasteiger partial charge in [0.2, 0.25) is 5.91 Å². The Hall–Kier alpha value is -3.16. The maximum Gasteiger partial charge on any atom is 0.418 e. The number of fused-ring (bicyclic) bond motifs is 2. The quantitative estimate of drug-likeness (QED) is 0.484. The second kappa shape index (κ2) is 7.18. The van der Waals surface area contributed by atoms with Crippen molar-refractivity contribution in [3.63, 3.8) is 0 Å². The number of alkyl halides is 3. The molecule has 32 heavy (non-hydrogen) atoms. The van der Waals surface area contributed by atoms with E-state index in [4.69, 9.17) is 0 Å². The molecule has 168 valence electrons. The molecule has 4 rings (SSSR count). The molecule has 2 unspecified atom stereocenters. The van der Waals surface area contributed by atoms with E-state index in [1.807, 2.05) is 39.0 Å². The van der Waals surface area contributed by atoms with Crippen molar-refractivity contribution in [3.05, 3.63) is 60.2 Å². The average Bonchev–Trinajstić information content (AvgIpc) is 3.02. The molecule has 2 saturated carbocycles. The number of ketones is 1. The SMILES string of the molecule is CC12CCC(C(=O)Nc3ccccc3C(F)(F)F)(C(=O)/C1=N\Nc1ccccc1)C2(C)C. The highest BCUT2D eigenvalue weighted by atomic mass is 19.4. The zero-order valence-corrected chi connectivity index (χ0v) is 18.0. The highest BCUT2D eigenvalue weighted by molar-refractivity contribution is 6.51. The average molecular weight is 443 g/mol. The molecule has 2 aliphatic rings. The third-order valence-electron chi connectivity index (χ3n) is 7.51. The molecule has 2 aromatic carbocycles. The van der Waals surface area contributed by atoms with E-state index >= 15 is 0 Å². The number of rotatable bonds is 4. The minimum absolute atomic E-state index is 0.247.